The van der Waals surface area contributed by atoms with E-state index in [2.05, 4.69) is 0 Å². The second-order valence-corrected chi connectivity index (χ2v) is 7.77. The van der Waals surface area contributed by atoms with E-state index < -0.39 is 11.9 Å². The number of phenols is 1. The van der Waals surface area contributed by atoms with Gasteiger partial charge in [0.1, 0.15) is 47.3 Å². The Balaban J connectivity index is 1.49. The van der Waals surface area contributed by atoms with Gasteiger partial charge in [-0.25, -0.2) is 9.59 Å². The Kier molecular flexibility index (Phi) is 7.83. The zero-order chi connectivity index (χ0) is 25.3. The predicted octanol–water partition coefficient (Wildman–Crippen LogP) is 5.56. The van der Waals surface area contributed by atoms with E-state index in [1.54, 1.807) is 12.1 Å². The zero-order valence-electron chi connectivity index (χ0n) is 19.5. The molecule has 0 aliphatic heterocycles. The molecule has 4 aromatic carbocycles. The molecule has 1 N–H and O–H groups in total. The lowest BCUT2D eigenvalue weighted by Gasteiger charge is -2.13. The van der Waals surface area contributed by atoms with Crippen LogP contribution in [-0.4, -0.2) is 24.2 Å². The summed E-state index contributed by atoms with van der Waals surface area (Å²) in [5, 5.41) is 10.4. The molecule has 0 saturated carbocycles. The quantitative estimate of drug-likeness (QED) is 0.246. The normalized spacial score (nSPS) is 10.4. The van der Waals surface area contributed by atoms with Gasteiger partial charge < -0.3 is 24.1 Å². The van der Waals surface area contributed by atoms with Crippen molar-refractivity contribution in [2.45, 2.75) is 13.2 Å². The highest BCUT2D eigenvalue weighted by Crippen LogP contribution is 2.30. The van der Waals surface area contributed by atoms with Gasteiger partial charge in [-0.15, -0.1) is 0 Å². The first-order valence-corrected chi connectivity index (χ1v) is 11.1. The van der Waals surface area contributed by atoms with E-state index in [-0.39, 0.29) is 29.2 Å². The fraction of sp³-hybridized carbons (Fsp3) is 0.103. The smallest absolute Gasteiger partial charge is 0.347 e. The molecule has 0 radical (unpaired) electrons. The van der Waals surface area contributed by atoms with Gasteiger partial charge in [0.25, 0.3) is 0 Å². The summed E-state index contributed by atoms with van der Waals surface area (Å²) in [6, 6.07) is 27.8. The maximum Gasteiger partial charge on any atom is 0.347 e. The van der Waals surface area contributed by atoms with Crippen molar-refractivity contribution in [1.82, 2.24) is 0 Å². The summed E-state index contributed by atoms with van der Waals surface area (Å²) >= 11 is 0. The summed E-state index contributed by atoms with van der Waals surface area (Å²) in [5.74, 6) is -1.13. The van der Waals surface area contributed by atoms with Crippen LogP contribution in [0.2, 0.25) is 0 Å². The molecule has 182 valence electrons. The van der Waals surface area contributed by atoms with Gasteiger partial charge in [0.2, 0.25) is 0 Å². The summed E-state index contributed by atoms with van der Waals surface area (Å²) in [4.78, 5) is 25.1. The molecule has 0 atom stereocenters. The number of aromatic hydroxyl groups is 1. The number of phenolic OH excluding ortho intramolecular Hbond substituents is 1. The van der Waals surface area contributed by atoms with Crippen LogP contribution in [0.15, 0.2) is 97.1 Å². The Hall–Kier alpha value is -4.78. The molecule has 4 aromatic rings. The molecule has 0 amide bonds. The van der Waals surface area contributed by atoms with Crippen molar-refractivity contribution in [3.05, 3.63) is 119 Å². The molecule has 0 unspecified atom stereocenters. The van der Waals surface area contributed by atoms with E-state index in [4.69, 9.17) is 18.9 Å². The number of ether oxygens (including phenoxy) is 4. The first-order valence-electron chi connectivity index (χ1n) is 11.1. The van der Waals surface area contributed by atoms with Crippen molar-refractivity contribution in [2.24, 2.45) is 0 Å². The molecule has 0 spiro atoms. The fourth-order valence-corrected chi connectivity index (χ4v) is 3.37. The molecular formula is C29H24O7. The SMILES string of the molecule is COC(=O)c1ccc(OCc2ccccc2)cc1OC(=O)c1ccc(OCc2ccccc2)cc1O. The molecule has 0 aliphatic rings. The summed E-state index contributed by atoms with van der Waals surface area (Å²) in [5.41, 5.74) is 1.87. The lowest BCUT2D eigenvalue weighted by atomic mass is 10.1. The van der Waals surface area contributed by atoms with Gasteiger partial charge >= 0.3 is 11.9 Å². The molecule has 0 bridgehead atoms. The van der Waals surface area contributed by atoms with Crippen LogP contribution in [0.5, 0.6) is 23.0 Å². The van der Waals surface area contributed by atoms with Crippen molar-refractivity contribution in [3.8, 4) is 23.0 Å². The molecule has 4 rings (SSSR count). The molecule has 0 aromatic heterocycles. The third kappa shape index (κ3) is 6.21. The van der Waals surface area contributed by atoms with Gasteiger partial charge in [0.05, 0.1) is 7.11 Å². The summed E-state index contributed by atoms with van der Waals surface area (Å²) in [7, 11) is 1.23. The van der Waals surface area contributed by atoms with E-state index in [0.29, 0.717) is 18.1 Å². The van der Waals surface area contributed by atoms with Gasteiger partial charge in [0, 0.05) is 12.1 Å². The van der Waals surface area contributed by atoms with E-state index >= 15 is 0 Å². The van der Waals surface area contributed by atoms with Crippen molar-refractivity contribution in [3.63, 3.8) is 0 Å². The van der Waals surface area contributed by atoms with Crippen molar-refractivity contribution in [2.75, 3.05) is 7.11 Å². The zero-order valence-corrected chi connectivity index (χ0v) is 19.5. The van der Waals surface area contributed by atoms with Crippen LogP contribution in [0.3, 0.4) is 0 Å². The number of esters is 2. The number of carbonyl (C=O) groups is 2. The molecule has 36 heavy (non-hydrogen) atoms. The van der Waals surface area contributed by atoms with Crippen LogP contribution < -0.4 is 14.2 Å². The van der Waals surface area contributed by atoms with Gasteiger partial charge in [0.15, 0.2) is 0 Å². The Morgan fingerprint density at radius 2 is 1.19 bits per heavy atom. The van der Waals surface area contributed by atoms with E-state index in [9.17, 15) is 14.7 Å². The van der Waals surface area contributed by atoms with Gasteiger partial charge in [-0.3, -0.25) is 0 Å². The van der Waals surface area contributed by atoms with Gasteiger partial charge in [-0.2, -0.15) is 0 Å². The Morgan fingerprint density at radius 3 is 1.72 bits per heavy atom. The number of rotatable bonds is 9. The van der Waals surface area contributed by atoms with Crippen LogP contribution >= 0.6 is 0 Å². The molecular weight excluding hydrogens is 460 g/mol. The summed E-state index contributed by atoms with van der Waals surface area (Å²) < 4.78 is 21.7. The fourth-order valence-electron chi connectivity index (χ4n) is 3.37. The van der Waals surface area contributed by atoms with Crippen LogP contribution in [-0.2, 0) is 18.0 Å². The summed E-state index contributed by atoms with van der Waals surface area (Å²) in [6.07, 6.45) is 0. The molecule has 0 saturated heterocycles. The van der Waals surface area contributed by atoms with Crippen molar-refractivity contribution in [1.29, 1.82) is 0 Å². The van der Waals surface area contributed by atoms with Crippen molar-refractivity contribution >= 4 is 11.9 Å². The van der Waals surface area contributed by atoms with Crippen LogP contribution in [0, 0.1) is 0 Å². The van der Waals surface area contributed by atoms with Gasteiger partial charge in [-0.05, 0) is 35.4 Å². The minimum Gasteiger partial charge on any atom is -0.507 e. The standard InChI is InChI=1S/C29H24O7/c1-33-28(31)25-15-13-23(35-19-21-10-6-3-7-11-21)17-27(25)36-29(32)24-14-12-22(16-26(24)30)34-18-20-8-4-2-5-9-20/h2-17,30H,18-19H2,1H3. The topological polar surface area (TPSA) is 91.3 Å². The minimum atomic E-state index is -0.854. The van der Waals surface area contributed by atoms with Gasteiger partial charge in [-0.1, -0.05) is 60.7 Å². The monoisotopic (exact) mass is 484 g/mol. The number of hydrogen-bond donors (Lipinski definition) is 1. The lowest BCUT2D eigenvalue weighted by Crippen LogP contribution is -2.13. The molecule has 0 aliphatic carbocycles. The Morgan fingerprint density at radius 1 is 0.667 bits per heavy atom. The average Bonchev–Trinajstić information content (AvgIpc) is 2.91. The lowest BCUT2D eigenvalue weighted by molar-refractivity contribution is 0.0593. The Labute approximate surface area is 208 Å². The van der Waals surface area contributed by atoms with Crippen LogP contribution in [0.1, 0.15) is 31.8 Å². The van der Waals surface area contributed by atoms with Crippen molar-refractivity contribution < 1.29 is 33.6 Å². The third-order valence-electron chi connectivity index (χ3n) is 5.25. The maximum absolute atomic E-state index is 12.9. The number of methoxy groups -OCH3 is 1. The Bertz CT molecular complexity index is 1330. The maximum atomic E-state index is 12.9. The first kappa shape index (κ1) is 24.3. The number of benzene rings is 4. The number of carbonyl (C=O) groups excluding carboxylic acids is 2. The molecule has 7 nitrogen and oxygen atoms in total. The molecule has 7 heteroatoms. The number of hydrogen-bond acceptors (Lipinski definition) is 7. The van der Waals surface area contributed by atoms with E-state index in [1.165, 1.54) is 31.4 Å². The average molecular weight is 485 g/mol. The van der Waals surface area contributed by atoms with Crippen LogP contribution in [0.25, 0.3) is 0 Å². The second kappa shape index (κ2) is 11.6. The minimum absolute atomic E-state index is 0.0419. The largest absolute Gasteiger partial charge is 0.507 e. The molecule has 0 heterocycles. The highest BCUT2D eigenvalue weighted by molar-refractivity contribution is 5.97. The van der Waals surface area contributed by atoms with Crippen LogP contribution in [0.4, 0.5) is 0 Å². The van der Waals surface area contributed by atoms with E-state index in [1.807, 2.05) is 60.7 Å². The highest BCUT2D eigenvalue weighted by Gasteiger charge is 2.20. The first-order chi connectivity index (χ1) is 17.5. The molecule has 0 fully saturated rings. The summed E-state index contributed by atoms with van der Waals surface area (Å²) in [6.45, 7) is 0.597. The third-order valence-corrected chi connectivity index (χ3v) is 5.25. The second-order valence-electron chi connectivity index (χ2n) is 7.77. The highest BCUT2D eigenvalue weighted by atomic mass is 16.5. The predicted molar refractivity (Wildman–Crippen MR) is 132 cm³/mol. The van der Waals surface area contributed by atoms with E-state index in [0.717, 1.165) is 11.1 Å².